The van der Waals surface area contributed by atoms with Crippen LogP contribution in [-0.2, 0) is 6.54 Å². The average molecular weight is 438 g/mol. The van der Waals surface area contributed by atoms with Gasteiger partial charge in [0.25, 0.3) is 0 Å². The van der Waals surface area contributed by atoms with Crippen molar-refractivity contribution in [1.82, 2.24) is 4.90 Å². The number of benzene rings is 1. The molecule has 0 aliphatic carbocycles. The molecule has 0 spiro atoms. The highest BCUT2D eigenvalue weighted by Crippen LogP contribution is 2.37. The van der Waals surface area contributed by atoms with Crippen LogP contribution >= 0.6 is 59.9 Å². The maximum atomic E-state index is 6.03. The van der Waals surface area contributed by atoms with Crippen molar-refractivity contribution in [3.05, 3.63) is 39.9 Å². The molecule has 3 aliphatic rings. The van der Waals surface area contributed by atoms with E-state index < -0.39 is 0 Å². The van der Waals surface area contributed by atoms with Crippen molar-refractivity contribution in [2.75, 3.05) is 17.6 Å². The fourth-order valence-electron chi connectivity index (χ4n) is 2.77. The van der Waals surface area contributed by atoms with E-state index in [1.807, 2.05) is 18.2 Å². The number of amidine groups is 2. The molecule has 25 heavy (non-hydrogen) atoms. The summed E-state index contributed by atoms with van der Waals surface area (Å²) in [5.41, 5.74) is 3.58. The van der Waals surface area contributed by atoms with Crippen molar-refractivity contribution in [2.45, 2.75) is 25.9 Å². The maximum absolute atomic E-state index is 6.03. The molecule has 0 saturated carbocycles. The minimum absolute atomic E-state index is 0. The quantitative estimate of drug-likeness (QED) is 0.687. The van der Waals surface area contributed by atoms with Crippen molar-refractivity contribution >= 4 is 76.0 Å². The second-order valence-corrected chi connectivity index (χ2v) is 8.59. The van der Waals surface area contributed by atoms with E-state index in [0.717, 1.165) is 38.9 Å². The summed E-state index contributed by atoms with van der Waals surface area (Å²) in [7, 11) is 0. The van der Waals surface area contributed by atoms with E-state index in [4.69, 9.17) is 16.6 Å². The summed E-state index contributed by atoms with van der Waals surface area (Å²) in [4.78, 5) is 11.7. The normalized spacial score (nSPS) is 19.5. The minimum Gasteiger partial charge on any atom is -0.335 e. The van der Waals surface area contributed by atoms with E-state index in [9.17, 15) is 0 Å². The number of anilines is 1. The van der Waals surface area contributed by atoms with E-state index in [-0.39, 0.29) is 30.4 Å². The zero-order valence-corrected chi connectivity index (χ0v) is 17.8. The maximum Gasteiger partial charge on any atom is 0.168 e. The van der Waals surface area contributed by atoms with Crippen LogP contribution < -0.4 is 5.32 Å². The topological polar surface area (TPSA) is 40.0 Å². The van der Waals surface area contributed by atoms with Crippen molar-refractivity contribution < 1.29 is 0 Å². The molecule has 0 amide bonds. The van der Waals surface area contributed by atoms with E-state index >= 15 is 0 Å². The van der Waals surface area contributed by atoms with Gasteiger partial charge in [-0.15, -0.1) is 24.8 Å². The molecule has 1 aromatic carbocycles. The molecular weight excluding hydrogens is 419 g/mol. The van der Waals surface area contributed by atoms with E-state index in [1.54, 1.807) is 23.5 Å². The first-order valence-electron chi connectivity index (χ1n) is 7.46. The first-order chi connectivity index (χ1) is 11.0. The number of nitrogens with zero attached hydrogens (tertiary/aromatic N) is 3. The van der Waals surface area contributed by atoms with Gasteiger partial charge in [-0.25, -0.2) is 0 Å². The molecule has 0 fully saturated rings. The lowest BCUT2D eigenvalue weighted by Gasteiger charge is -2.22. The van der Waals surface area contributed by atoms with Crippen molar-refractivity contribution in [1.29, 1.82) is 0 Å². The number of aliphatic imine (C=N–C) groups is 2. The molecule has 9 heteroatoms. The SMILES string of the molecule is CC1(C)CN2C(CSC3=NCc4cc(Cl)ccc4N3)=CSC2=N1.Cl.Cl. The molecule has 1 N–H and O–H groups in total. The van der Waals surface area contributed by atoms with Gasteiger partial charge in [-0.05, 0) is 43.0 Å². The van der Waals surface area contributed by atoms with Crippen molar-refractivity contribution in [3.63, 3.8) is 0 Å². The summed E-state index contributed by atoms with van der Waals surface area (Å²) in [5.74, 6) is 0.900. The van der Waals surface area contributed by atoms with Gasteiger partial charge < -0.3 is 10.2 Å². The molecule has 0 unspecified atom stereocenters. The highest BCUT2D eigenvalue weighted by atomic mass is 35.5. The van der Waals surface area contributed by atoms with Crippen LogP contribution in [0.5, 0.6) is 0 Å². The third kappa shape index (κ3) is 4.42. The molecule has 0 bridgehead atoms. The minimum atomic E-state index is 0. The fraction of sp³-hybridized carbons (Fsp3) is 0.375. The first-order valence-corrected chi connectivity index (χ1v) is 9.70. The van der Waals surface area contributed by atoms with E-state index in [0.29, 0.717) is 6.54 Å². The molecule has 4 rings (SSSR count). The van der Waals surface area contributed by atoms with Crippen LogP contribution in [-0.4, -0.2) is 33.1 Å². The summed E-state index contributed by atoms with van der Waals surface area (Å²) in [6, 6.07) is 5.90. The molecule has 3 heterocycles. The zero-order chi connectivity index (χ0) is 16.0. The van der Waals surface area contributed by atoms with Crippen LogP contribution in [0.2, 0.25) is 5.02 Å². The number of thioether (sulfide) groups is 2. The monoisotopic (exact) mass is 436 g/mol. The lowest BCUT2D eigenvalue weighted by molar-refractivity contribution is 0.436. The van der Waals surface area contributed by atoms with Gasteiger partial charge in [-0.2, -0.15) is 0 Å². The summed E-state index contributed by atoms with van der Waals surface area (Å²) in [6.07, 6.45) is 0. The van der Waals surface area contributed by atoms with Gasteiger partial charge in [-0.3, -0.25) is 9.98 Å². The Morgan fingerprint density at radius 3 is 2.96 bits per heavy atom. The Morgan fingerprint density at radius 1 is 1.36 bits per heavy atom. The standard InChI is InChI=1S/C16H17ClN4S2.2ClH/c1-16(2)9-21-12(8-23-15(21)20-16)7-22-14-18-6-10-5-11(17)3-4-13(10)19-14;;/h3-5,8H,6-7,9H2,1-2H3,(H,18,19);2*1H. The summed E-state index contributed by atoms with van der Waals surface area (Å²) in [5, 5.41) is 8.46. The second kappa shape index (κ2) is 8.01. The Hall–Kier alpha value is -0.530. The molecule has 0 atom stereocenters. The number of hydrogen-bond acceptors (Lipinski definition) is 6. The Bertz CT molecular complexity index is 762. The van der Waals surface area contributed by atoms with Crippen LogP contribution in [0.4, 0.5) is 5.69 Å². The van der Waals surface area contributed by atoms with Crippen LogP contribution in [0, 0.1) is 0 Å². The molecule has 0 aromatic heterocycles. The highest BCUT2D eigenvalue weighted by Gasteiger charge is 2.36. The van der Waals surface area contributed by atoms with Crippen LogP contribution in [0.15, 0.2) is 39.3 Å². The summed E-state index contributed by atoms with van der Waals surface area (Å²) in [6.45, 7) is 6.00. The highest BCUT2D eigenvalue weighted by molar-refractivity contribution is 8.17. The van der Waals surface area contributed by atoms with Crippen molar-refractivity contribution in [2.24, 2.45) is 9.98 Å². The third-order valence-electron chi connectivity index (χ3n) is 3.88. The fourth-order valence-corrected chi connectivity index (χ4v) is 4.99. The number of rotatable bonds is 2. The lowest BCUT2D eigenvalue weighted by atomic mass is 10.1. The first kappa shape index (κ1) is 20.8. The number of halogens is 3. The van der Waals surface area contributed by atoms with Gasteiger partial charge >= 0.3 is 0 Å². The predicted octanol–water partition coefficient (Wildman–Crippen LogP) is 5.24. The molecule has 1 aromatic rings. The van der Waals surface area contributed by atoms with Gasteiger partial charge in [0, 0.05) is 28.7 Å². The van der Waals surface area contributed by atoms with E-state index in [2.05, 4.69) is 34.5 Å². The van der Waals surface area contributed by atoms with Crippen LogP contribution in [0.1, 0.15) is 19.4 Å². The molecule has 0 radical (unpaired) electrons. The lowest BCUT2D eigenvalue weighted by Crippen LogP contribution is -2.30. The van der Waals surface area contributed by atoms with E-state index in [1.165, 1.54) is 5.70 Å². The average Bonchev–Trinajstić information content (AvgIpc) is 3.00. The number of nitrogens with one attached hydrogen (secondary N) is 1. The van der Waals surface area contributed by atoms with Gasteiger partial charge in [0.2, 0.25) is 0 Å². The van der Waals surface area contributed by atoms with Crippen LogP contribution in [0.3, 0.4) is 0 Å². The van der Waals surface area contributed by atoms with Gasteiger partial charge in [-0.1, -0.05) is 35.1 Å². The molecular formula is C16H19Cl3N4S2. The smallest absolute Gasteiger partial charge is 0.168 e. The number of hydrogen-bond donors (Lipinski definition) is 1. The summed E-state index contributed by atoms with van der Waals surface area (Å²) < 4.78 is 0. The van der Waals surface area contributed by atoms with Gasteiger partial charge in [0.1, 0.15) is 0 Å². The summed E-state index contributed by atoms with van der Waals surface area (Å²) >= 11 is 9.49. The Labute approximate surface area is 173 Å². The number of fused-ring (bicyclic) bond motifs is 2. The Kier molecular flexibility index (Phi) is 6.65. The van der Waals surface area contributed by atoms with Crippen molar-refractivity contribution in [3.8, 4) is 0 Å². The predicted molar refractivity (Wildman–Crippen MR) is 117 cm³/mol. The molecule has 3 aliphatic heterocycles. The Balaban J connectivity index is 0.00000113. The Morgan fingerprint density at radius 2 is 2.16 bits per heavy atom. The molecule has 0 saturated heterocycles. The van der Waals surface area contributed by atoms with Gasteiger partial charge in [0.15, 0.2) is 10.3 Å². The molecule has 4 nitrogen and oxygen atoms in total. The molecule has 136 valence electrons. The largest absolute Gasteiger partial charge is 0.335 e. The zero-order valence-electron chi connectivity index (χ0n) is 13.8. The van der Waals surface area contributed by atoms with Gasteiger partial charge in [0.05, 0.1) is 12.1 Å². The van der Waals surface area contributed by atoms with Crippen LogP contribution in [0.25, 0.3) is 0 Å². The third-order valence-corrected chi connectivity index (χ3v) is 5.97. The second-order valence-electron chi connectivity index (χ2n) is 6.36.